The van der Waals surface area contributed by atoms with Crippen molar-refractivity contribution in [1.29, 1.82) is 0 Å². The van der Waals surface area contributed by atoms with Crippen LogP contribution in [0, 0.1) is 30.7 Å². The molecule has 0 unspecified atom stereocenters. The van der Waals surface area contributed by atoms with Crippen molar-refractivity contribution in [3.8, 4) is 0 Å². The van der Waals surface area contributed by atoms with Gasteiger partial charge in [-0.1, -0.05) is 0 Å². The minimum Gasteiger partial charge on any atom is -0.329 e. The summed E-state index contributed by atoms with van der Waals surface area (Å²) in [5.74, 6) is 0. The van der Waals surface area contributed by atoms with Crippen LogP contribution in [0.1, 0.15) is 0 Å². The van der Waals surface area contributed by atoms with E-state index in [1.165, 1.54) is 0 Å². The summed E-state index contributed by atoms with van der Waals surface area (Å²) >= 11 is 0. The van der Waals surface area contributed by atoms with Crippen molar-refractivity contribution in [3.05, 3.63) is 0 Å². The first kappa shape index (κ1) is 42.8. The number of nitrogens with one attached hydrogen (secondary N) is 4. The third-order valence-electron chi connectivity index (χ3n) is 2.08. The Morgan fingerprint density at radius 1 is 0.406 bits per heavy atom. The van der Waals surface area contributed by atoms with E-state index in [9.17, 15) is 0 Å². The molecule has 8 N–H and O–H groups in total. The van der Waals surface area contributed by atoms with Crippen LogP contribution in [0.5, 0.6) is 0 Å². The Bertz CT molecular complexity index is 263. The second kappa shape index (κ2) is 27.9. The predicted molar refractivity (Wildman–Crippen MR) is 69.6 cm³/mol. The third-order valence-corrected chi connectivity index (χ3v) is 2.08. The summed E-state index contributed by atoms with van der Waals surface area (Å²) < 4.78 is 102. The van der Waals surface area contributed by atoms with Crippen LogP contribution in [-0.4, -0.2) is 65.4 Å². The Labute approximate surface area is 201 Å². The molecule has 18 nitrogen and oxygen atoms in total. The molecular weight excluding hydrogens is 561 g/mol. The van der Waals surface area contributed by atoms with Crippen LogP contribution in [-0.2, 0) is 16.8 Å². The SMILES string of the molecule is C1CNCCNCCNCCN1.NCCN.[Co+3].[O-][Cl+3]([O-])([O-])[O-].[O-][Cl+3]([O-])([O-])[O-].[O-][Cl+3]([O-])([O-])[O-]. The number of nitrogens with two attached hydrogens (primary N) is 2. The molecule has 0 spiro atoms. The maximum atomic E-state index is 8.49. The van der Waals surface area contributed by atoms with Crippen LogP contribution in [0.4, 0.5) is 0 Å². The van der Waals surface area contributed by atoms with Crippen molar-refractivity contribution in [2.24, 2.45) is 11.5 Å². The van der Waals surface area contributed by atoms with Crippen molar-refractivity contribution in [2.75, 3.05) is 65.4 Å². The number of halogens is 3. The third kappa shape index (κ3) is 145. The van der Waals surface area contributed by atoms with E-state index in [0.717, 1.165) is 52.4 Å². The molecule has 0 aromatic rings. The van der Waals surface area contributed by atoms with Gasteiger partial charge < -0.3 is 32.7 Å². The van der Waals surface area contributed by atoms with E-state index >= 15 is 0 Å². The molecule has 1 heterocycles. The van der Waals surface area contributed by atoms with Gasteiger partial charge in [0, 0.05) is 65.4 Å². The van der Waals surface area contributed by atoms with Gasteiger partial charge >= 0.3 is 16.8 Å². The van der Waals surface area contributed by atoms with E-state index in [-0.39, 0.29) is 16.8 Å². The standard InChI is InChI=1S/C8H20N4.C2H8N2.3ClHO4.Co/c1-2-10-5-6-12-8-7-11-4-3-9-1;3-1-2-4;3*2-1(3,4)5;/h9-12H,1-8H2;1-4H2;3*(H,2,3,4,5);/q;;;;;+3/p-3. The van der Waals surface area contributed by atoms with Gasteiger partial charge in [0.15, 0.2) is 0 Å². The van der Waals surface area contributed by atoms with E-state index in [2.05, 4.69) is 21.3 Å². The Morgan fingerprint density at radius 2 is 0.500 bits per heavy atom. The van der Waals surface area contributed by atoms with Gasteiger partial charge in [0.2, 0.25) is 0 Å². The Kier molecular flexibility index (Phi) is 37.3. The second-order valence-electron chi connectivity index (χ2n) is 4.71. The molecule has 0 aromatic heterocycles. The largest absolute Gasteiger partial charge is 3.00 e. The van der Waals surface area contributed by atoms with Gasteiger partial charge in [-0.15, -0.1) is 30.7 Å². The van der Waals surface area contributed by atoms with Crippen LogP contribution < -0.4 is 88.6 Å². The number of hydrogen-bond donors (Lipinski definition) is 6. The van der Waals surface area contributed by atoms with Crippen molar-refractivity contribution in [2.45, 2.75) is 0 Å². The Morgan fingerprint density at radius 3 is 0.562 bits per heavy atom. The zero-order valence-corrected chi connectivity index (χ0v) is 19.9. The van der Waals surface area contributed by atoms with Crippen molar-refractivity contribution in [3.63, 3.8) is 0 Å². The molecule has 32 heavy (non-hydrogen) atoms. The molecule has 1 rings (SSSR count). The van der Waals surface area contributed by atoms with Gasteiger partial charge in [-0.3, -0.25) is 0 Å². The monoisotopic (exact) mass is 588 g/mol. The molecule has 1 aliphatic heterocycles. The summed E-state index contributed by atoms with van der Waals surface area (Å²) in [4.78, 5) is 0. The molecule has 1 fully saturated rings. The summed E-state index contributed by atoms with van der Waals surface area (Å²) in [5, 5.41) is 13.4. The summed E-state index contributed by atoms with van der Waals surface area (Å²) in [6, 6.07) is 0. The average Bonchev–Trinajstić information content (AvgIpc) is 2.51. The van der Waals surface area contributed by atoms with Crippen molar-refractivity contribution < 1.29 is 103 Å². The predicted octanol–water partition coefficient (Wildman–Crippen LogP) is -17.0. The van der Waals surface area contributed by atoms with Crippen molar-refractivity contribution in [1.82, 2.24) is 21.3 Å². The maximum absolute atomic E-state index is 8.49. The molecule has 0 saturated carbocycles. The fourth-order valence-electron chi connectivity index (χ4n) is 1.21. The Balaban J connectivity index is -0.000000104. The molecule has 1 aliphatic rings. The van der Waals surface area contributed by atoms with E-state index in [0.29, 0.717) is 13.1 Å². The molecule has 1 saturated heterocycles. The molecular formula is C10H28Cl3CoN6O12. The van der Waals surface area contributed by atoms with Gasteiger partial charge in [-0.25, -0.2) is 55.9 Å². The first-order valence-corrected chi connectivity index (χ1v) is 11.7. The zero-order valence-electron chi connectivity index (χ0n) is 16.6. The summed E-state index contributed by atoms with van der Waals surface area (Å²) in [6.45, 7) is 9.76. The maximum Gasteiger partial charge on any atom is 3.00 e. The topological polar surface area (TPSA) is 377 Å². The fourth-order valence-corrected chi connectivity index (χ4v) is 1.21. The molecule has 0 amide bonds. The zero-order chi connectivity index (χ0) is 25.4. The first-order valence-electron chi connectivity index (χ1n) is 8.00. The summed E-state index contributed by atoms with van der Waals surface area (Å²) in [7, 11) is -14.8. The van der Waals surface area contributed by atoms with Crippen LogP contribution in [0.2, 0.25) is 0 Å². The normalized spacial score (nSPS) is 15.6. The fraction of sp³-hybridized carbons (Fsp3) is 1.00. The minimum absolute atomic E-state index is 0. The smallest absolute Gasteiger partial charge is 0.329 e. The molecule has 200 valence electrons. The quantitative estimate of drug-likeness (QED) is 0.165. The van der Waals surface area contributed by atoms with E-state index in [4.69, 9.17) is 67.4 Å². The summed E-state index contributed by atoms with van der Waals surface area (Å²) in [6.07, 6.45) is 0. The molecule has 0 aliphatic carbocycles. The first-order chi connectivity index (χ1) is 13.9. The Hall–Kier alpha value is 0.656. The van der Waals surface area contributed by atoms with Crippen LogP contribution in [0.25, 0.3) is 0 Å². The molecule has 0 radical (unpaired) electrons. The van der Waals surface area contributed by atoms with Crippen LogP contribution in [0.3, 0.4) is 0 Å². The van der Waals surface area contributed by atoms with Gasteiger partial charge in [0.05, 0.1) is 0 Å². The van der Waals surface area contributed by atoms with Gasteiger partial charge in [0.25, 0.3) is 0 Å². The number of hydrogen-bond acceptors (Lipinski definition) is 18. The van der Waals surface area contributed by atoms with E-state index in [1.807, 2.05) is 0 Å². The van der Waals surface area contributed by atoms with Gasteiger partial charge in [-0.05, 0) is 0 Å². The molecule has 0 atom stereocenters. The average molecular weight is 590 g/mol. The van der Waals surface area contributed by atoms with Crippen LogP contribution in [0.15, 0.2) is 0 Å². The molecule has 0 aromatic carbocycles. The second-order valence-corrected chi connectivity index (χ2v) is 6.98. The number of rotatable bonds is 1. The molecule has 0 bridgehead atoms. The molecule has 22 heteroatoms. The van der Waals surface area contributed by atoms with Gasteiger partial charge in [-0.2, -0.15) is 0 Å². The van der Waals surface area contributed by atoms with Gasteiger partial charge in [0.1, 0.15) is 0 Å². The van der Waals surface area contributed by atoms with E-state index < -0.39 is 30.7 Å². The van der Waals surface area contributed by atoms with E-state index in [1.54, 1.807) is 0 Å². The minimum atomic E-state index is -4.94. The van der Waals surface area contributed by atoms with Crippen molar-refractivity contribution >= 4 is 0 Å². The summed E-state index contributed by atoms with van der Waals surface area (Å²) in [5.41, 5.74) is 9.81. The van der Waals surface area contributed by atoms with Crippen LogP contribution >= 0.6 is 0 Å².